The van der Waals surface area contributed by atoms with Crippen molar-refractivity contribution in [2.24, 2.45) is 5.41 Å². The maximum absolute atomic E-state index is 3.69. The van der Waals surface area contributed by atoms with E-state index < -0.39 is 0 Å². The molecule has 3 fully saturated rings. The number of hydrogen-bond acceptors (Lipinski definition) is 2. The Labute approximate surface area is 119 Å². The highest BCUT2D eigenvalue weighted by Crippen LogP contribution is 2.54. The predicted molar refractivity (Wildman–Crippen MR) is 81.4 cm³/mol. The van der Waals surface area contributed by atoms with Gasteiger partial charge in [0.05, 0.1) is 0 Å². The quantitative estimate of drug-likeness (QED) is 0.835. The van der Waals surface area contributed by atoms with Crippen LogP contribution in [0.1, 0.15) is 71.6 Å². The van der Waals surface area contributed by atoms with E-state index in [4.69, 9.17) is 0 Å². The van der Waals surface area contributed by atoms with E-state index in [1.807, 2.05) is 0 Å². The summed E-state index contributed by atoms with van der Waals surface area (Å²) in [5.41, 5.74) is 0.723. The van der Waals surface area contributed by atoms with Crippen LogP contribution in [0.4, 0.5) is 0 Å². The van der Waals surface area contributed by atoms with E-state index in [0.717, 1.165) is 17.5 Å². The van der Waals surface area contributed by atoms with Gasteiger partial charge in [0.15, 0.2) is 0 Å². The summed E-state index contributed by atoms with van der Waals surface area (Å²) in [5.74, 6) is 0. The van der Waals surface area contributed by atoms with Gasteiger partial charge >= 0.3 is 0 Å². The molecule has 0 amide bonds. The fraction of sp³-hybridized carbons (Fsp3) is 1.00. The highest BCUT2D eigenvalue weighted by Gasteiger charge is 2.50. The summed E-state index contributed by atoms with van der Waals surface area (Å²) in [6, 6.07) is 2.38. The van der Waals surface area contributed by atoms with Crippen molar-refractivity contribution in [3.8, 4) is 0 Å². The van der Waals surface area contributed by atoms with E-state index in [1.165, 1.54) is 70.9 Å². The van der Waals surface area contributed by atoms with Crippen molar-refractivity contribution in [1.29, 1.82) is 0 Å². The first-order chi connectivity index (χ1) is 9.21. The molecule has 2 saturated carbocycles. The normalized spacial score (nSPS) is 34.1. The van der Waals surface area contributed by atoms with E-state index in [-0.39, 0.29) is 0 Å². The molecule has 19 heavy (non-hydrogen) atoms. The first kappa shape index (κ1) is 13.9. The molecular formula is C17H32N2. The van der Waals surface area contributed by atoms with Gasteiger partial charge in [0.25, 0.3) is 0 Å². The van der Waals surface area contributed by atoms with Crippen molar-refractivity contribution in [2.75, 3.05) is 13.1 Å². The lowest BCUT2D eigenvalue weighted by Crippen LogP contribution is -2.60. The summed E-state index contributed by atoms with van der Waals surface area (Å²) in [4.78, 5) is 2.86. The van der Waals surface area contributed by atoms with Gasteiger partial charge in [-0.25, -0.2) is 0 Å². The molecular weight excluding hydrogens is 232 g/mol. The smallest absolute Gasteiger partial charge is 0.0195 e. The Morgan fingerprint density at radius 1 is 1.05 bits per heavy atom. The van der Waals surface area contributed by atoms with Gasteiger partial charge in [-0.05, 0) is 64.3 Å². The molecule has 3 aliphatic rings. The van der Waals surface area contributed by atoms with Gasteiger partial charge in [-0.15, -0.1) is 0 Å². The van der Waals surface area contributed by atoms with E-state index >= 15 is 0 Å². The number of hydrogen-bond donors (Lipinski definition) is 1. The Balaban J connectivity index is 1.65. The average Bonchev–Trinajstić information content (AvgIpc) is 2.90. The second kappa shape index (κ2) is 5.73. The molecule has 1 spiro atoms. The largest absolute Gasteiger partial charge is 0.313 e. The van der Waals surface area contributed by atoms with Gasteiger partial charge in [-0.3, -0.25) is 4.90 Å². The van der Waals surface area contributed by atoms with Crippen molar-refractivity contribution in [1.82, 2.24) is 10.2 Å². The maximum atomic E-state index is 3.69. The second-order valence-corrected chi connectivity index (χ2v) is 7.56. The van der Waals surface area contributed by atoms with E-state index in [0.29, 0.717) is 6.04 Å². The highest BCUT2D eigenvalue weighted by molar-refractivity contribution is 5.04. The van der Waals surface area contributed by atoms with Crippen molar-refractivity contribution >= 4 is 0 Å². The van der Waals surface area contributed by atoms with Crippen molar-refractivity contribution in [3.05, 3.63) is 0 Å². The topological polar surface area (TPSA) is 15.3 Å². The predicted octanol–water partition coefficient (Wildman–Crippen LogP) is 3.56. The van der Waals surface area contributed by atoms with Crippen LogP contribution in [0.25, 0.3) is 0 Å². The molecule has 1 aliphatic heterocycles. The lowest BCUT2D eigenvalue weighted by atomic mass is 9.56. The molecule has 1 N–H and O–H groups in total. The van der Waals surface area contributed by atoms with Gasteiger partial charge in [0, 0.05) is 24.7 Å². The summed E-state index contributed by atoms with van der Waals surface area (Å²) in [7, 11) is 0. The van der Waals surface area contributed by atoms with Crippen LogP contribution in [0.5, 0.6) is 0 Å². The molecule has 110 valence electrons. The van der Waals surface area contributed by atoms with Crippen LogP contribution in [0.15, 0.2) is 0 Å². The molecule has 2 aliphatic carbocycles. The van der Waals surface area contributed by atoms with Crippen molar-refractivity contribution < 1.29 is 0 Å². The Kier molecular flexibility index (Phi) is 4.19. The Morgan fingerprint density at radius 3 is 2.37 bits per heavy atom. The summed E-state index contributed by atoms with van der Waals surface area (Å²) in [6.07, 6.45) is 13.2. The van der Waals surface area contributed by atoms with Gasteiger partial charge in [0.1, 0.15) is 0 Å². The number of rotatable bonds is 4. The zero-order chi connectivity index (χ0) is 13.3. The molecule has 2 unspecified atom stereocenters. The van der Waals surface area contributed by atoms with Crippen LogP contribution in [0.2, 0.25) is 0 Å². The van der Waals surface area contributed by atoms with Crippen molar-refractivity contribution in [2.45, 2.75) is 89.8 Å². The minimum atomic E-state index is 0.714. The van der Waals surface area contributed by atoms with Crippen molar-refractivity contribution in [3.63, 3.8) is 0 Å². The van der Waals surface area contributed by atoms with Gasteiger partial charge in [-0.2, -0.15) is 0 Å². The lowest BCUT2D eigenvalue weighted by Gasteiger charge is -2.58. The molecule has 3 rings (SSSR count). The average molecular weight is 264 g/mol. The van der Waals surface area contributed by atoms with Gasteiger partial charge in [-0.1, -0.05) is 19.3 Å². The molecule has 2 heteroatoms. The standard InChI is InChI=1S/C17H32N2/c1-14(2)19(13-15-7-6-12-18-15)16-8-11-17(16)9-4-3-5-10-17/h14-16,18H,3-13H2,1-2H3. The zero-order valence-corrected chi connectivity index (χ0v) is 13.0. The molecule has 2 nitrogen and oxygen atoms in total. The third-order valence-corrected chi connectivity index (χ3v) is 6.13. The SMILES string of the molecule is CC(C)N(CC1CCCN1)C1CCC12CCCCC2. The first-order valence-electron chi connectivity index (χ1n) is 8.70. The third-order valence-electron chi connectivity index (χ3n) is 6.13. The molecule has 1 heterocycles. The molecule has 2 atom stereocenters. The van der Waals surface area contributed by atoms with Crippen LogP contribution in [0.3, 0.4) is 0 Å². The molecule has 0 bridgehead atoms. The Hall–Kier alpha value is -0.0800. The summed E-state index contributed by atoms with van der Waals surface area (Å²) >= 11 is 0. The molecule has 0 radical (unpaired) electrons. The highest BCUT2D eigenvalue weighted by atomic mass is 15.2. The Morgan fingerprint density at radius 2 is 1.84 bits per heavy atom. The third kappa shape index (κ3) is 2.71. The second-order valence-electron chi connectivity index (χ2n) is 7.56. The lowest BCUT2D eigenvalue weighted by molar-refractivity contribution is -0.0681. The first-order valence-corrected chi connectivity index (χ1v) is 8.70. The summed E-state index contributed by atoms with van der Waals surface area (Å²) in [5, 5.41) is 3.69. The molecule has 1 saturated heterocycles. The van der Waals surface area contributed by atoms with E-state index in [2.05, 4.69) is 24.1 Å². The van der Waals surface area contributed by atoms with Crippen LogP contribution in [0, 0.1) is 5.41 Å². The van der Waals surface area contributed by atoms with Gasteiger partial charge in [0.2, 0.25) is 0 Å². The monoisotopic (exact) mass is 264 g/mol. The Bertz CT molecular complexity index is 288. The number of nitrogens with one attached hydrogen (secondary N) is 1. The number of nitrogens with zero attached hydrogens (tertiary/aromatic N) is 1. The van der Waals surface area contributed by atoms with Crippen LogP contribution in [-0.4, -0.2) is 36.1 Å². The van der Waals surface area contributed by atoms with Crippen LogP contribution in [-0.2, 0) is 0 Å². The van der Waals surface area contributed by atoms with Crippen LogP contribution < -0.4 is 5.32 Å². The minimum absolute atomic E-state index is 0.714. The maximum Gasteiger partial charge on any atom is 0.0195 e. The van der Waals surface area contributed by atoms with Crippen LogP contribution >= 0.6 is 0 Å². The molecule has 0 aromatic rings. The van der Waals surface area contributed by atoms with E-state index in [1.54, 1.807) is 0 Å². The fourth-order valence-corrected chi connectivity index (χ4v) is 4.90. The summed E-state index contributed by atoms with van der Waals surface area (Å²) in [6.45, 7) is 7.35. The molecule has 0 aromatic carbocycles. The summed E-state index contributed by atoms with van der Waals surface area (Å²) < 4.78 is 0. The zero-order valence-electron chi connectivity index (χ0n) is 13.0. The minimum Gasteiger partial charge on any atom is -0.313 e. The van der Waals surface area contributed by atoms with Gasteiger partial charge < -0.3 is 5.32 Å². The molecule has 0 aromatic heterocycles. The van der Waals surface area contributed by atoms with E-state index in [9.17, 15) is 0 Å². The fourth-order valence-electron chi connectivity index (χ4n) is 4.90.